The number of nitrogens with two attached hydrogens (primary N) is 1. The van der Waals surface area contributed by atoms with Crippen LogP contribution in [-0.2, 0) is 10.0 Å². The molecular weight excluding hydrogens is 340 g/mol. The average molecular weight is 355 g/mol. The maximum atomic E-state index is 12.3. The van der Waals surface area contributed by atoms with E-state index in [9.17, 15) is 8.42 Å². The van der Waals surface area contributed by atoms with Crippen LogP contribution in [-0.4, -0.2) is 8.42 Å². The fraction of sp³-hybridized carbons (Fsp3) is 0.143. The third-order valence-electron chi connectivity index (χ3n) is 2.83. The number of sulfonamides is 1. The van der Waals surface area contributed by atoms with Gasteiger partial charge in [0.15, 0.2) is 0 Å². The Morgan fingerprint density at radius 2 is 1.70 bits per heavy atom. The molecule has 6 heteroatoms. The molecule has 0 amide bonds. The lowest BCUT2D eigenvalue weighted by atomic mass is 10.1. The molecule has 3 N–H and O–H groups in total. The van der Waals surface area contributed by atoms with Gasteiger partial charge >= 0.3 is 0 Å². The van der Waals surface area contributed by atoms with Crippen molar-refractivity contribution in [3.05, 3.63) is 58.6 Å². The Kier molecular flexibility index (Phi) is 4.47. The van der Waals surface area contributed by atoms with Crippen LogP contribution in [0.4, 0.5) is 5.69 Å². The molecule has 20 heavy (non-hydrogen) atoms. The summed E-state index contributed by atoms with van der Waals surface area (Å²) in [5.74, 6) is 0. The van der Waals surface area contributed by atoms with Gasteiger partial charge in [0, 0.05) is 10.5 Å². The van der Waals surface area contributed by atoms with E-state index in [1.165, 1.54) is 0 Å². The Bertz CT molecular complexity index is 697. The summed E-state index contributed by atoms with van der Waals surface area (Å²) in [4.78, 5) is 0.206. The summed E-state index contributed by atoms with van der Waals surface area (Å²) in [6.45, 7) is 1.85. The second-order valence-corrected chi connectivity index (χ2v) is 6.98. The van der Waals surface area contributed by atoms with Gasteiger partial charge in [0.25, 0.3) is 10.0 Å². The molecule has 1 unspecified atom stereocenters. The predicted octanol–water partition coefficient (Wildman–Crippen LogP) is 3.27. The SMILES string of the molecule is CC(N)c1ccc(S(=O)(=O)Nc2ccccc2Br)cc1. The van der Waals surface area contributed by atoms with Gasteiger partial charge in [-0.3, -0.25) is 4.72 Å². The van der Waals surface area contributed by atoms with E-state index in [0.717, 1.165) is 5.56 Å². The third kappa shape index (κ3) is 3.39. The second-order valence-electron chi connectivity index (χ2n) is 4.44. The van der Waals surface area contributed by atoms with Gasteiger partial charge in [0.2, 0.25) is 0 Å². The lowest BCUT2D eigenvalue weighted by Gasteiger charge is -2.11. The van der Waals surface area contributed by atoms with E-state index in [0.29, 0.717) is 10.2 Å². The second kappa shape index (κ2) is 5.95. The van der Waals surface area contributed by atoms with Crippen molar-refractivity contribution in [2.75, 3.05) is 4.72 Å². The number of hydrogen-bond acceptors (Lipinski definition) is 3. The van der Waals surface area contributed by atoms with Crippen molar-refractivity contribution in [3.8, 4) is 0 Å². The van der Waals surface area contributed by atoms with Crippen LogP contribution in [0.2, 0.25) is 0 Å². The Balaban J connectivity index is 2.29. The molecule has 0 bridgehead atoms. The molecule has 0 aliphatic carbocycles. The minimum absolute atomic E-state index is 0.122. The van der Waals surface area contributed by atoms with Gasteiger partial charge in [0.1, 0.15) is 0 Å². The van der Waals surface area contributed by atoms with Crippen molar-refractivity contribution >= 4 is 31.6 Å². The summed E-state index contributed by atoms with van der Waals surface area (Å²) in [6.07, 6.45) is 0. The topological polar surface area (TPSA) is 72.2 Å². The first-order valence-electron chi connectivity index (χ1n) is 6.03. The van der Waals surface area contributed by atoms with E-state index in [1.807, 2.05) is 13.0 Å². The monoisotopic (exact) mass is 354 g/mol. The van der Waals surface area contributed by atoms with E-state index >= 15 is 0 Å². The zero-order valence-corrected chi connectivity index (χ0v) is 13.3. The lowest BCUT2D eigenvalue weighted by Crippen LogP contribution is -2.13. The zero-order valence-electron chi connectivity index (χ0n) is 10.9. The van der Waals surface area contributed by atoms with Crippen molar-refractivity contribution in [1.29, 1.82) is 0 Å². The number of anilines is 1. The molecule has 106 valence electrons. The van der Waals surface area contributed by atoms with E-state index in [4.69, 9.17) is 5.73 Å². The third-order valence-corrected chi connectivity index (χ3v) is 4.91. The summed E-state index contributed by atoms with van der Waals surface area (Å²) in [5, 5.41) is 0. The van der Waals surface area contributed by atoms with Crippen molar-refractivity contribution in [2.24, 2.45) is 5.73 Å². The van der Waals surface area contributed by atoms with Crippen molar-refractivity contribution in [1.82, 2.24) is 0 Å². The predicted molar refractivity (Wildman–Crippen MR) is 84.0 cm³/mol. The first-order valence-corrected chi connectivity index (χ1v) is 8.30. The molecule has 0 saturated heterocycles. The van der Waals surface area contributed by atoms with E-state index in [2.05, 4.69) is 20.7 Å². The van der Waals surface area contributed by atoms with Gasteiger partial charge in [-0.1, -0.05) is 24.3 Å². The highest BCUT2D eigenvalue weighted by molar-refractivity contribution is 9.10. The minimum Gasteiger partial charge on any atom is -0.324 e. The first kappa shape index (κ1) is 15.0. The summed E-state index contributed by atoms with van der Waals surface area (Å²) in [5.41, 5.74) is 7.14. The molecule has 2 aromatic rings. The lowest BCUT2D eigenvalue weighted by molar-refractivity contribution is 0.601. The molecule has 4 nitrogen and oxygen atoms in total. The summed E-state index contributed by atoms with van der Waals surface area (Å²) < 4.78 is 27.8. The molecule has 0 aliphatic heterocycles. The highest BCUT2D eigenvalue weighted by atomic mass is 79.9. The van der Waals surface area contributed by atoms with E-state index < -0.39 is 10.0 Å². The first-order chi connectivity index (χ1) is 9.40. The number of benzene rings is 2. The van der Waals surface area contributed by atoms with Gasteiger partial charge in [0.05, 0.1) is 10.6 Å². The van der Waals surface area contributed by atoms with Crippen molar-refractivity contribution in [2.45, 2.75) is 17.9 Å². The summed E-state index contributed by atoms with van der Waals surface area (Å²) in [6, 6.07) is 13.5. The largest absolute Gasteiger partial charge is 0.324 e. The molecule has 0 aliphatic rings. The normalized spacial score (nSPS) is 12.9. The average Bonchev–Trinajstić information content (AvgIpc) is 2.41. The van der Waals surface area contributed by atoms with Crippen LogP contribution in [0.1, 0.15) is 18.5 Å². The fourth-order valence-electron chi connectivity index (χ4n) is 1.70. The van der Waals surface area contributed by atoms with Crippen molar-refractivity contribution in [3.63, 3.8) is 0 Å². The van der Waals surface area contributed by atoms with Gasteiger partial charge in [-0.2, -0.15) is 0 Å². The van der Waals surface area contributed by atoms with Crippen LogP contribution < -0.4 is 10.5 Å². The van der Waals surface area contributed by atoms with Gasteiger partial charge in [-0.15, -0.1) is 0 Å². The van der Waals surface area contributed by atoms with Crippen LogP contribution in [0.25, 0.3) is 0 Å². The number of rotatable bonds is 4. The quantitative estimate of drug-likeness (QED) is 0.884. The van der Waals surface area contributed by atoms with Crippen molar-refractivity contribution < 1.29 is 8.42 Å². The Labute approximate surface area is 127 Å². The molecule has 0 radical (unpaired) electrons. The van der Waals surface area contributed by atoms with Crippen LogP contribution >= 0.6 is 15.9 Å². The molecule has 0 aromatic heterocycles. The number of para-hydroxylation sites is 1. The van der Waals surface area contributed by atoms with Gasteiger partial charge in [-0.05, 0) is 52.7 Å². The summed E-state index contributed by atoms with van der Waals surface area (Å²) >= 11 is 3.31. The Hall–Kier alpha value is -1.37. The van der Waals surface area contributed by atoms with Crippen LogP contribution in [0.15, 0.2) is 57.9 Å². The molecule has 2 aromatic carbocycles. The van der Waals surface area contributed by atoms with Gasteiger partial charge in [-0.25, -0.2) is 8.42 Å². The Morgan fingerprint density at radius 3 is 2.25 bits per heavy atom. The molecule has 2 rings (SSSR count). The van der Waals surface area contributed by atoms with E-state index in [-0.39, 0.29) is 10.9 Å². The Morgan fingerprint density at radius 1 is 1.10 bits per heavy atom. The number of halogens is 1. The fourth-order valence-corrected chi connectivity index (χ4v) is 3.29. The standard InChI is InChI=1S/C14H15BrN2O2S/c1-10(16)11-6-8-12(9-7-11)20(18,19)17-14-5-3-2-4-13(14)15/h2-10,17H,16H2,1H3. The molecule has 1 atom stereocenters. The van der Waals surface area contributed by atoms with E-state index in [1.54, 1.807) is 42.5 Å². The smallest absolute Gasteiger partial charge is 0.261 e. The number of nitrogens with one attached hydrogen (secondary N) is 1. The highest BCUT2D eigenvalue weighted by Gasteiger charge is 2.15. The van der Waals surface area contributed by atoms with Crippen LogP contribution in [0.5, 0.6) is 0 Å². The maximum Gasteiger partial charge on any atom is 0.261 e. The van der Waals surface area contributed by atoms with Gasteiger partial charge < -0.3 is 5.73 Å². The maximum absolute atomic E-state index is 12.3. The molecule has 0 fully saturated rings. The molecule has 0 heterocycles. The molecule has 0 saturated carbocycles. The molecule has 0 spiro atoms. The highest BCUT2D eigenvalue weighted by Crippen LogP contribution is 2.24. The van der Waals surface area contributed by atoms with Crippen LogP contribution in [0, 0.1) is 0 Å². The minimum atomic E-state index is -3.60. The van der Waals surface area contributed by atoms with Crippen LogP contribution in [0.3, 0.4) is 0 Å². The summed E-state index contributed by atoms with van der Waals surface area (Å²) in [7, 11) is -3.60. The zero-order chi connectivity index (χ0) is 14.8. The number of hydrogen-bond donors (Lipinski definition) is 2. The molecular formula is C14H15BrN2O2S.